The Hall–Kier alpha value is -2.64. The van der Waals surface area contributed by atoms with E-state index in [0.29, 0.717) is 17.0 Å². The number of carbonyl (C=O) groups is 1. The molecule has 1 amide bonds. The van der Waals surface area contributed by atoms with E-state index in [0.717, 1.165) is 21.7 Å². The summed E-state index contributed by atoms with van der Waals surface area (Å²) in [6.07, 6.45) is 0.315. The van der Waals surface area contributed by atoms with Crippen molar-refractivity contribution in [2.45, 2.75) is 32.9 Å². The van der Waals surface area contributed by atoms with Gasteiger partial charge in [0.15, 0.2) is 0 Å². The van der Waals surface area contributed by atoms with E-state index in [9.17, 15) is 9.18 Å². The fourth-order valence-corrected chi connectivity index (χ4v) is 3.95. The lowest BCUT2D eigenvalue weighted by Gasteiger charge is -2.25. The molecule has 1 unspecified atom stereocenters. The zero-order chi connectivity index (χ0) is 20.3. The first-order chi connectivity index (χ1) is 13.4. The average Bonchev–Trinajstić information content (AvgIpc) is 3.16. The summed E-state index contributed by atoms with van der Waals surface area (Å²) in [5, 5.41) is 10.1. The first kappa shape index (κ1) is 20.1. The highest BCUT2D eigenvalue weighted by atomic mass is 32.1. The van der Waals surface area contributed by atoms with Crippen LogP contribution in [0.1, 0.15) is 34.7 Å². The molecule has 0 saturated heterocycles. The molecule has 5 nitrogen and oxygen atoms in total. The summed E-state index contributed by atoms with van der Waals surface area (Å²) in [4.78, 5) is 13.6. The van der Waals surface area contributed by atoms with Crippen LogP contribution in [0.25, 0.3) is 10.6 Å². The molecule has 0 aliphatic heterocycles. The molecule has 0 spiro atoms. The molecule has 146 valence electrons. The Morgan fingerprint density at radius 2 is 2.04 bits per heavy atom. The van der Waals surface area contributed by atoms with Crippen molar-refractivity contribution in [3.05, 3.63) is 70.0 Å². The van der Waals surface area contributed by atoms with Gasteiger partial charge in [-0.3, -0.25) is 4.79 Å². The van der Waals surface area contributed by atoms with E-state index in [4.69, 9.17) is 5.73 Å². The number of benzene rings is 2. The number of hydrogen-bond donors (Lipinski definition) is 1. The Bertz CT molecular complexity index is 988. The molecule has 0 bridgehead atoms. The average molecular weight is 399 g/mol. The van der Waals surface area contributed by atoms with Crippen molar-refractivity contribution in [3.8, 4) is 10.6 Å². The van der Waals surface area contributed by atoms with E-state index in [2.05, 4.69) is 10.2 Å². The van der Waals surface area contributed by atoms with E-state index < -0.39 is 6.04 Å². The summed E-state index contributed by atoms with van der Waals surface area (Å²) in [6.45, 7) is 3.79. The topological polar surface area (TPSA) is 72.1 Å². The zero-order valence-corrected chi connectivity index (χ0v) is 17.0. The number of nitrogens with two attached hydrogens (primary N) is 1. The number of carbonyl (C=O) groups excluding carboxylic acids is 1. The summed E-state index contributed by atoms with van der Waals surface area (Å²) < 4.78 is 14.5. The van der Waals surface area contributed by atoms with Crippen LogP contribution in [-0.4, -0.2) is 28.1 Å². The second-order valence-corrected chi connectivity index (χ2v) is 7.80. The maximum atomic E-state index is 14.5. The van der Waals surface area contributed by atoms with Gasteiger partial charge in [0.05, 0.1) is 6.04 Å². The van der Waals surface area contributed by atoms with Crippen LogP contribution in [-0.2, 0) is 17.8 Å². The van der Waals surface area contributed by atoms with Crippen molar-refractivity contribution in [1.82, 2.24) is 15.1 Å². The molecular formula is C21H23FN4OS. The highest BCUT2D eigenvalue weighted by molar-refractivity contribution is 7.14. The molecule has 7 heteroatoms. The summed E-state index contributed by atoms with van der Waals surface area (Å²) in [7, 11) is 1.70. The van der Waals surface area contributed by atoms with Crippen LogP contribution in [0.5, 0.6) is 0 Å². The zero-order valence-electron chi connectivity index (χ0n) is 16.1. The van der Waals surface area contributed by atoms with Gasteiger partial charge in [-0.25, -0.2) is 4.39 Å². The lowest BCUT2D eigenvalue weighted by Crippen LogP contribution is -2.30. The number of aryl methyl sites for hydroxylation is 1. The van der Waals surface area contributed by atoms with Crippen molar-refractivity contribution < 1.29 is 9.18 Å². The van der Waals surface area contributed by atoms with Crippen molar-refractivity contribution in [2.75, 3.05) is 7.05 Å². The molecule has 0 fully saturated rings. The van der Waals surface area contributed by atoms with Gasteiger partial charge in [-0.15, -0.1) is 10.2 Å². The van der Waals surface area contributed by atoms with Crippen LogP contribution in [0, 0.1) is 12.7 Å². The first-order valence-corrected chi connectivity index (χ1v) is 9.82. The number of rotatable bonds is 6. The number of amides is 1. The van der Waals surface area contributed by atoms with Crippen molar-refractivity contribution in [1.29, 1.82) is 0 Å². The van der Waals surface area contributed by atoms with Gasteiger partial charge in [-0.2, -0.15) is 0 Å². The van der Waals surface area contributed by atoms with Gasteiger partial charge >= 0.3 is 0 Å². The third-order valence-corrected chi connectivity index (χ3v) is 5.79. The number of aromatic nitrogens is 2. The van der Waals surface area contributed by atoms with Gasteiger partial charge < -0.3 is 10.6 Å². The SMILES string of the molecule is CC(=O)N(C)C(Cc1ccc(CN)cc1F)c1nnc(-c2cccc(C)c2)s1. The fraction of sp³-hybridized carbons (Fsp3) is 0.286. The smallest absolute Gasteiger partial charge is 0.219 e. The Labute approximate surface area is 168 Å². The molecule has 2 aromatic carbocycles. The molecule has 3 rings (SSSR count). The van der Waals surface area contributed by atoms with Gasteiger partial charge in [-0.05, 0) is 30.2 Å². The van der Waals surface area contributed by atoms with Gasteiger partial charge in [0.25, 0.3) is 0 Å². The van der Waals surface area contributed by atoms with Gasteiger partial charge in [0.1, 0.15) is 15.8 Å². The predicted molar refractivity (Wildman–Crippen MR) is 109 cm³/mol. The predicted octanol–water partition coefficient (Wildman–Crippen LogP) is 3.87. The maximum Gasteiger partial charge on any atom is 0.219 e. The number of hydrogen-bond acceptors (Lipinski definition) is 5. The lowest BCUT2D eigenvalue weighted by atomic mass is 10.0. The summed E-state index contributed by atoms with van der Waals surface area (Å²) in [6, 6.07) is 12.6. The third-order valence-electron chi connectivity index (χ3n) is 4.72. The van der Waals surface area contributed by atoms with E-state index in [1.165, 1.54) is 24.3 Å². The van der Waals surface area contributed by atoms with Crippen molar-refractivity contribution in [2.24, 2.45) is 5.73 Å². The Morgan fingerprint density at radius 1 is 1.25 bits per heavy atom. The second kappa shape index (κ2) is 8.58. The van der Waals surface area contributed by atoms with Crippen LogP contribution in [0.15, 0.2) is 42.5 Å². The minimum absolute atomic E-state index is 0.115. The molecule has 28 heavy (non-hydrogen) atoms. The highest BCUT2D eigenvalue weighted by Gasteiger charge is 2.25. The fourth-order valence-electron chi connectivity index (χ4n) is 2.96. The van der Waals surface area contributed by atoms with Gasteiger partial charge in [-0.1, -0.05) is 47.2 Å². The maximum absolute atomic E-state index is 14.5. The largest absolute Gasteiger partial charge is 0.336 e. The van der Waals surface area contributed by atoms with Crippen LogP contribution < -0.4 is 5.73 Å². The van der Waals surface area contributed by atoms with Crippen LogP contribution in [0.2, 0.25) is 0 Å². The molecular weight excluding hydrogens is 375 g/mol. The molecule has 1 aromatic heterocycles. The van der Waals surface area contributed by atoms with Crippen molar-refractivity contribution in [3.63, 3.8) is 0 Å². The summed E-state index contributed by atoms with van der Waals surface area (Å²) in [5.41, 5.74) is 8.94. The quantitative estimate of drug-likeness (QED) is 0.684. The van der Waals surface area contributed by atoms with Gasteiger partial charge in [0.2, 0.25) is 5.91 Å². The summed E-state index contributed by atoms with van der Waals surface area (Å²) >= 11 is 1.42. The van der Waals surface area contributed by atoms with Crippen LogP contribution >= 0.6 is 11.3 Å². The van der Waals surface area contributed by atoms with Crippen LogP contribution in [0.4, 0.5) is 4.39 Å². The molecule has 0 radical (unpaired) electrons. The molecule has 2 N–H and O–H groups in total. The van der Waals surface area contributed by atoms with E-state index in [1.54, 1.807) is 18.0 Å². The number of nitrogens with zero attached hydrogens (tertiary/aromatic N) is 3. The molecule has 1 heterocycles. The van der Waals surface area contributed by atoms with Crippen LogP contribution in [0.3, 0.4) is 0 Å². The Balaban J connectivity index is 1.94. The minimum atomic E-state index is -0.396. The standard InChI is InChI=1S/C21H23FN4OS/c1-13-5-4-6-17(9-13)20-24-25-21(28-20)19(26(3)14(2)27)11-16-8-7-15(12-23)10-18(16)22/h4-10,19H,11-12,23H2,1-3H3. The molecule has 3 aromatic rings. The highest BCUT2D eigenvalue weighted by Crippen LogP contribution is 2.32. The molecule has 0 aliphatic rings. The number of likely N-dealkylation sites (N-methyl/N-ethyl adjacent to an activating group) is 1. The Kier molecular flexibility index (Phi) is 6.16. The second-order valence-electron chi connectivity index (χ2n) is 6.79. The Morgan fingerprint density at radius 3 is 2.68 bits per heavy atom. The molecule has 0 aliphatic carbocycles. The number of halogens is 1. The third kappa shape index (κ3) is 4.43. The van der Waals surface area contributed by atoms with E-state index >= 15 is 0 Å². The monoisotopic (exact) mass is 398 g/mol. The van der Waals surface area contributed by atoms with Crippen molar-refractivity contribution >= 4 is 17.2 Å². The first-order valence-electron chi connectivity index (χ1n) is 9.00. The molecule has 0 saturated carbocycles. The normalized spacial score (nSPS) is 12.0. The van der Waals surface area contributed by atoms with E-state index in [1.807, 2.05) is 37.3 Å². The van der Waals surface area contributed by atoms with E-state index in [-0.39, 0.29) is 18.3 Å². The lowest BCUT2D eigenvalue weighted by molar-refractivity contribution is -0.129. The summed E-state index contributed by atoms with van der Waals surface area (Å²) in [5.74, 6) is -0.440. The molecule has 1 atom stereocenters. The minimum Gasteiger partial charge on any atom is -0.336 e. The van der Waals surface area contributed by atoms with Gasteiger partial charge in [0, 0.05) is 32.5 Å².